The monoisotopic (exact) mass is 219 g/mol. The number of rotatable bonds is 4. The van der Waals surface area contributed by atoms with Crippen LogP contribution >= 0.6 is 0 Å². The van der Waals surface area contributed by atoms with Gasteiger partial charge in [-0.15, -0.1) is 0 Å². The molecule has 0 bridgehead atoms. The Morgan fingerprint density at radius 2 is 1.94 bits per heavy atom. The van der Waals surface area contributed by atoms with E-state index in [2.05, 4.69) is 9.53 Å². The smallest absolute Gasteiger partial charge is 0.457 e. The molecule has 82 valence electrons. The fraction of sp³-hybridized carbons (Fsp3) is 0.182. The molecule has 0 aliphatic heterocycles. The van der Waals surface area contributed by atoms with Gasteiger partial charge in [-0.2, -0.15) is 0 Å². The minimum Gasteiger partial charge on any atom is -0.457 e. The number of hydrogen-bond donors (Lipinski definition) is 1. The Labute approximate surface area is 92.3 Å². The summed E-state index contributed by atoms with van der Waals surface area (Å²) in [6.45, 7) is 1.76. The van der Waals surface area contributed by atoms with Gasteiger partial charge in [-0.1, -0.05) is 30.3 Å². The Morgan fingerprint density at radius 1 is 1.31 bits per heavy atom. The average Bonchev–Trinajstić information content (AvgIpc) is 2.31. The maximum absolute atomic E-state index is 11.7. The van der Waals surface area contributed by atoms with E-state index in [9.17, 15) is 9.59 Å². The third-order valence-electron chi connectivity index (χ3n) is 1.83. The van der Waals surface area contributed by atoms with E-state index >= 15 is 0 Å². The number of ketones is 1. The molecular formula is C11H11N2O3+. The second-order valence-electron chi connectivity index (χ2n) is 2.88. The second-order valence-corrected chi connectivity index (χ2v) is 2.88. The van der Waals surface area contributed by atoms with Gasteiger partial charge in [0.2, 0.25) is 0 Å². The summed E-state index contributed by atoms with van der Waals surface area (Å²) >= 11 is 0. The minimum absolute atomic E-state index is 0.139. The Morgan fingerprint density at radius 3 is 2.44 bits per heavy atom. The molecule has 0 amide bonds. The molecule has 0 aromatic heterocycles. The highest BCUT2D eigenvalue weighted by Gasteiger charge is 2.34. The molecule has 0 fully saturated rings. The first-order chi connectivity index (χ1) is 7.70. The number of nitrogens with zero attached hydrogens (tertiary/aromatic N) is 1. The molecular weight excluding hydrogens is 208 g/mol. The molecule has 0 aliphatic carbocycles. The Kier molecular flexibility index (Phi) is 4.12. The molecule has 1 aromatic rings. The largest absolute Gasteiger partial charge is 0.495 e. The zero-order valence-electron chi connectivity index (χ0n) is 8.77. The number of ether oxygens (including phenoxy) is 1. The minimum atomic E-state index is -0.869. The van der Waals surface area contributed by atoms with Gasteiger partial charge in [0.15, 0.2) is 0 Å². The van der Waals surface area contributed by atoms with E-state index < -0.39 is 17.5 Å². The van der Waals surface area contributed by atoms with Crippen molar-refractivity contribution in [1.82, 2.24) is 0 Å². The lowest BCUT2D eigenvalue weighted by Crippen LogP contribution is -2.27. The van der Waals surface area contributed by atoms with Crippen molar-refractivity contribution in [2.45, 2.75) is 6.92 Å². The van der Waals surface area contributed by atoms with E-state index in [1.54, 1.807) is 37.3 Å². The van der Waals surface area contributed by atoms with E-state index in [-0.39, 0.29) is 6.61 Å². The van der Waals surface area contributed by atoms with Gasteiger partial charge in [0.25, 0.3) is 5.78 Å². The molecule has 0 unspecified atom stereocenters. The number of Topliss-reactive ketones (excluding diaryl/α,β-unsaturated/α-hetero) is 1. The molecule has 5 heteroatoms. The molecule has 1 N–H and O–H groups in total. The van der Waals surface area contributed by atoms with Gasteiger partial charge in [0.05, 0.1) is 16.9 Å². The second kappa shape index (κ2) is 5.58. The fourth-order valence-electron chi connectivity index (χ4n) is 1.11. The van der Waals surface area contributed by atoms with Crippen LogP contribution in [0.1, 0.15) is 17.3 Å². The molecule has 1 aromatic carbocycles. The van der Waals surface area contributed by atoms with Crippen LogP contribution in [0.2, 0.25) is 0 Å². The van der Waals surface area contributed by atoms with Crippen molar-refractivity contribution in [1.29, 1.82) is 5.53 Å². The number of carbonyl (C=O) groups excluding carboxylic acids is 2. The van der Waals surface area contributed by atoms with Gasteiger partial charge in [-0.3, -0.25) is 4.79 Å². The van der Waals surface area contributed by atoms with Crippen LogP contribution in [0.5, 0.6) is 0 Å². The van der Waals surface area contributed by atoms with Crippen LogP contribution in [0.15, 0.2) is 30.3 Å². The van der Waals surface area contributed by atoms with Gasteiger partial charge in [-0.25, -0.2) is 4.79 Å². The molecule has 0 spiro atoms. The van der Waals surface area contributed by atoms with Crippen molar-refractivity contribution < 1.29 is 19.1 Å². The first-order valence-corrected chi connectivity index (χ1v) is 4.72. The molecule has 0 saturated carbocycles. The van der Waals surface area contributed by atoms with E-state index in [4.69, 9.17) is 5.53 Å². The summed E-state index contributed by atoms with van der Waals surface area (Å²) in [7, 11) is 0. The van der Waals surface area contributed by atoms with Crippen LogP contribution in [-0.4, -0.2) is 28.9 Å². The average molecular weight is 219 g/mol. The van der Waals surface area contributed by atoms with Crippen molar-refractivity contribution in [3.63, 3.8) is 0 Å². The van der Waals surface area contributed by atoms with E-state index in [1.165, 1.54) is 0 Å². The quantitative estimate of drug-likeness (QED) is 0.206. The fourth-order valence-corrected chi connectivity index (χ4v) is 1.11. The lowest BCUT2D eigenvalue weighted by Gasteiger charge is -1.95. The van der Waals surface area contributed by atoms with Crippen LogP contribution in [0.3, 0.4) is 0 Å². The van der Waals surface area contributed by atoms with Crippen LogP contribution < -0.4 is 0 Å². The SMILES string of the molecule is CCOC(=O)C(=[N+]=N)C(=O)c1ccccc1. The summed E-state index contributed by atoms with van der Waals surface area (Å²) < 4.78 is 4.63. The highest BCUT2D eigenvalue weighted by molar-refractivity contribution is 6.65. The van der Waals surface area contributed by atoms with Gasteiger partial charge < -0.3 is 4.74 Å². The predicted octanol–water partition coefficient (Wildman–Crippen LogP) is 1.11. The van der Waals surface area contributed by atoms with Gasteiger partial charge in [0.1, 0.15) is 0 Å². The summed E-state index contributed by atoms with van der Waals surface area (Å²) in [4.78, 5) is 26.0. The maximum atomic E-state index is 11.7. The summed E-state index contributed by atoms with van der Waals surface area (Å²) in [5.74, 6) is -1.47. The third kappa shape index (κ3) is 2.62. The highest BCUT2D eigenvalue weighted by Crippen LogP contribution is 2.01. The predicted molar refractivity (Wildman–Crippen MR) is 55.4 cm³/mol. The highest BCUT2D eigenvalue weighted by atomic mass is 16.5. The van der Waals surface area contributed by atoms with Crippen molar-refractivity contribution in [2.75, 3.05) is 6.61 Å². The summed E-state index contributed by atoms with van der Waals surface area (Å²) in [5, 5.41) is 0. The van der Waals surface area contributed by atoms with Crippen LogP contribution in [0.4, 0.5) is 0 Å². The number of carbonyl (C=O) groups is 2. The molecule has 0 radical (unpaired) electrons. The Bertz CT molecular complexity index is 448. The lowest BCUT2D eigenvalue weighted by molar-refractivity contribution is -0.151. The summed E-state index contributed by atoms with van der Waals surface area (Å²) in [6.07, 6.45) is 0. The lowest BCUT2D eigenvalue weighted by atomic mass is 10.1. The van der Waals surface area contributed by atoms with Gasteiger partial charge >= 0.3 is 11.7 Å². The molecule has 0 atom stereocenters. The normalized spacial score (nSPS) is 9.06. The van der Waals surface area contributed by atoms with Crippen molar-refractivity contribution in [2.24, 2.45) is 0 Å². The summed E-state index contributed by atoms with van der Waals surface area (Å²) in [6, 6.07) is 8.18. The first-order valence-electron chi connectivity index (χ1n) is 4.72. The van der Waals surface area contributed by atoms with Crippen LogP contribution in [-0.2, 0) is 9.53 Å². The van der Waals surface area contributed by atoms with Crippen molar-refractivity contribution in [3.8, 4) is 0 Å². The zero-order valence-corrected chi connectivity index (χ0v) is 8.77. The van der Waals surface area contributed by atoms with E-state index in [0.29, 0.717) is 5.56 Å². The number of nitrogens with one attached hydrogen (secondary N) is 1. The van der Waals surface area contributed by atoms with Gasteiger partial charge in [0, 0.05) is 5.56 Å². The molecule has 0 heterocycles. The van der Waals surface area contributed by atoms with Crippen molar-refractivity contribution in [3.05, 3.63) is 35.9 Å². The zero-order chi connectivity index (χ0) is 12.0. The maximum Gasteiger partial charge on any atom is 0.495 e. The summed E-state index contributed by atoms with van der Waals surface area (Å²) in [5.41, 5.74) is 6.62. The molecule has 1 rings (SSSR count). The topological polar surface area (TPSA) is 81.3 Å². The van der Waals surface area contributed by atoms with Crippen LogP contribution in [0, 0.1) is 5.53 Å². The first kappa shape index (κ1) is 11.8. The Hall–Kier alpha value is -2.26. The number of esters is 1. The van der Waals surface area contributed by atoms with E-state index in [1.807, 2.05) is 0 Å². The van der Waals surface area contributed by atoms with Crippen molar-refractivity contribution >= 4 is 17.5 Å². The standard InChI is InChI=1S/C11H11N2O3/c1-2-16-11(15)9(13-12)10(14)8-6-4-3-5-7-8/h3-7,12H,2H2,1H3/q+1. The Balaban J connectivity index is 2.96. The van der Waals surface area contributed by atoms with Gasteiger partial charge in [-0.05, 0) is 6.92 Å². The van der Waals surface area contributed by atoms with Crippen LogP contribution in [0.25, 0.3) is 0 Å². The molecule has 5 nitrogen and oxygen atoms in total. The number of hydrogen-bond acceptors (Lipinski definition) is 4. The molecule has 0 aliphatic rings. The van der Waals surface area contributed by atoms with E-state index in [0.717, 1.165) is 0 Å². The molecule has 0 saturated heterocycles. The third-order valence-corrected chi connectivity index (χ3v) is 1.83. The molecule has 16 heavy (non-hydrogen) atoms. The number of benzene rings is 1.